The van der Waals surface area contributed by atoms with Gasteiger partial charge in [0.05, 0.1) is 0 Å². The van der Waals surface area contributed by atoms with Gasteiger partial charge in [0.15, 0.2) is 0 Å². The lowest BCUT2D eigenvalue weighted by atomic mass is 10.1. The highest BCUT2D eigenvalue weighted by Gasteiger charge is 2.04. The molecule has 2 heteroatoms. The molecule has 1 nitrogen and oxygen atoms in total. The molecule has 0 radical (unpaired) electrons. The van der Waals surface area contributed by atoms with Gasteiger partial charge in [0.2, 0.25) is 0 Å². The Balaban J connectivity index is 2.96. The van der Waals surface area contributed by atoms with Crippen LogP contribution in [0.1, 0.15) is 24.1 Å². The summed E-state index contributed by atoms with van der Waals surface area (Å²) >= 11 is 0. The molecule has 1 N–H and O–H groups in total. The first kappa shape index (κ1) is 9.20. The SMILES string of the molecule is CNC(C)c1ccc(C)c(F)c1. The van der Waals surface area contributed by atoms with Crippen LogP contribution < -0.4 is 5.32 Å². The van der Waals surface area contributed by atoms with Crippen molar-refractivity contribution in [2.75, 3.05) is 7.05 Å². The fourth-order valence-corrected chi connectivity index (χ4v) is 1.05. The van der Waals surface area contributed by atoms with E-state index in [2.05, 4.69) is 5.32 Å². The van der Waals surface area contributed by atoms with Gasteiger partial charge in [-0.2, -0.15) is 0 Å². The van der Waals surface area contributed by atoms with Gasteiger partial charge in [-0.05, 0) is 38.1 Å². The van der Waals surface area contributed by atoms with Crippen LogP contribution in [0.3, 0.4) is 0 Å². The topological polar surface area (TPSA) is 12.0 Å². The maximum Gasteiger partial charge on any atom is 0.126 e. The summed E-state index contributed by atoms with van der Waals surface area (Å²) in [5.74, 6) is -0.130. The third-order valence-corrected chi connectivity index (χ3v) is 2.13. The van der Waals surface area contributed by atoms with Gasteiger partial charge in [0.25, 0.3) is 0 Å². The van der Waals surface area contributed by atoms with Crippen LogP contribution in [0.4, 0.5) is 4.39 Å². The van der Waals surface area contributed by atoms with Crippen molar-refractivity contribution >= 4 is 0 Å². The molecular weight excluding hydrogens is 153 g/mol. The van der Waals surface area contributed by atoms with Gasteiger partial charge in [-0.15, -0.1) is 0 Å². The minimum Gasteiger partial charge on any atom is -0.313 e. The Morgan fingerprint density at radius 1 is 1.42 bits per heavy atom. The first-order valence-electron chi connectivity index (χ1n) is 4.08. The van der Waals surface area contributed by atoms with Crippen LogP contribution in [0.25, 0.3) is 0 Å². The molecular formula is C10H14FN. The molecule has 1 atom stereocenters. The highest BCUT2D eigenvalue weighted by molar-refractivity contribution is 5.25. The zero-order valence-electron chi connectivity index (χ0n) is 7.69. The number of hydrogen-bond donors (Lipinski definition) is 1. The monoisotopic (exact) mass is 167 g/mol. The zero-order chi connectivity index (χ0) is 9.14. The number of nitrogens with one attached hydrogen (secondary N) is 1. The molecule has 12 heavy (non-hydrogen) atoms. The van der Waals surface area contributed by atoms with Crippen LogP contribution in [0.2, 0.25) is 0 Å². The maximum atomic E-state index is 13.0. The summed E-state index contributed by atoms with van der Waals surface area (Å²) in [5, 5.41) is 3.06. The fourth-order valence-electron chi connectivity index (χ4n) is 1.05. The van der Waals surface area contributed by atoms with Gasteiger partial charge < -0.3 is 5.32 Å². The van der Waals surface area contributed by atoms with E-state index in [0.717, 1.165) is 5.56 Å². The Labute approximate surface area is 72.6 Å². The van der Waals surface area contributed by atoms with Crippen molar-refractivity contribution in [3.63, 3.8) is 0 Å². The molecule has 1 aromatic rings. The zero-order valence-corrected chi connectivity index (χ0v) is 7.69. The van der Waals surface area contributed by atoms with Crippen molar-refractivity contribution in [1.82, 2.24) is 5.32 Å². The molecule has 0 bridgehead atoms. The molecule has 0 aliphatic heterocycles. The van der Waals surface area contributed by atoms with E-state index in [-0.39, 0.29) is 11.9 Å². The van der Waals surface area contributed by atoms with Crippen LogP contribution in [-0.4, -0.2) is 7.05 Å². The summed E-state index contributed by atoms with van der Waals surface area (Å²) in [5.41, 5.74) is 1.68. The van der Waals surface area contributed by atoms with Gasteiger partial charge in [0, 0.05) is 6.04 Å². The standard InChI is InChI=1S/C10H14FN/c1-7-4-5-9(6-10(7)11)8(2)12-3/h4-6,8,12H,1-3H3. The van der Waals surface area contributed by atoms with E-state index in [1.165, 1.54) is 0 Å². The molecule has 0 amide bonds. The first-order chi connectivity index (χ1) is 5.65. The van der Waals surface area contributed by atoms with Crippen molar-refractivity contribution < 1.29 is 4.39 Å². The Morgan fingerprint density at radius 3 is 2.58 bits per heavy atom. The van der Waals surface area contributed by atoms with E-state index in [4.69, 9.17) is 0 Å². The Morgan fingerprint density at radius 2 is 2.08 bits per heavy atom. The quantitative estimate of drug-likeness (QED) is 0.713. The fraction of sp³-hybridized carbons (Fsp3) is 0.400. The number of benzene rings is 1. The third kappa shape index (κ3) is 1.83. The minimum atomic E-state index is -0.130. The Bertz CT molecular complexity index is 271. The number of aryl methyl sites for hydroxylation is 1. The first-order valence-corrected chi connectivity index (χ1v) is 4.08. The molecule has 0 aliphatic carbocycles. The van der Waals surface area contributed by atoms with E-state index in [1.807, 2.05) is 20.0 Å². The Hall–Kier alpha value is -0.890. The summed E-state index contributed by atoms with van der Waals surface area (Å²) in [6.07, 6.45) is 0. The van der Waals surface area contributed by atoms with Gasteiger partial charge >= 0.3 is 0 Å². The van der Waals surface area contributed by atoms with Crippen LogP contribution >= 0.6 is 0 Å². The van der Waals surface area contributed by atoms with Crippen LogP contribution in [0, 0.1) is 12.7 Å². The smallest absolute Gasteiger partial charge is 0.126 e. The van der Waals surface area contributed by atoms with Crippen molar-refractivity contribution in [3.05, 3.63) is 35.1 Å². The second kappa shape index (κ2) is 3.68. The second-order valence-corrected chi connectivity index (χ2v) is 3.02. The maximum absolute atomic E-state index is 13.0. The molecule has 0 aromatic heterocycles. The minimum absolute atomic E-state index is 0.130. The van der Waals surface area contributed by atoms with Crippen molar-refractivity contribution in [3.8, 4) is 0 Å². The van der Waals surface area contributed by atoms with E-state index in [0.29, 0.717) is 5.56 Å². The van der Waals surface area contributed by atoms with Crippen LogP contribution in [-0.2, 0) is 0 Å². The highest BCUT2D eigenvalue weighted by atomic mass is 19.1. The lowest BCUT2D eigenvalue weighted by Gasteiger charge is -2.10. The lowest BCUT2D eigenvalue weighted by molar-refractivity contribution is 0.601. The molecule has 0 saturated carbocycles. The average Bonchev–Trinajstić information content (AvgIpc) is 2.08. The van der Waals surface area contributed by atoms with Gasteiger partial charge in [0.1, 0.15) is 5.82 Å². The predicted molar refractivity (Wildman–Crippen MR) is 48.6 cm³/mol. The van der Waals surface area contributed by atoms with Gasteiger partial charge in [-0.1, -0.05) is 12.1 Å². The second-order valence-electron chi connectivity index (χ2n) is 3.02. The normalized spacial score (nSPS) is 13.0. The summed E-state index contributed by atoms with van der Waals surface area (Å²) in [7, 11) is 1.86. The third-order valence-electron chi connectivity index (χ3n) is 2.13. The van der Waals surface area contributed by atoms with E-state index < -0.39 is 0 Å². The van der Waals surface area contributed by atoms with E-state index in [9.17, 15) is 4.39 Å². The Kier molecular flexibility index (Phi) is 2.82. The molecule has 0 saturated heterocycles. The van der Waals surface area contributed by atoms with Crippen molar-refractivity contribution in [2.24, 2.45) is 0 Å². The summed E-state index contributed by atoms with van der Waals surface area (Å²) in [6, 6.07) is 5.54. The largest absolute Gasteiger partial charge is 0.313 e. The van der Waals surface area contributed by atoms with E-state index >= 15 is 0 Å². The van der Waals surface area contributed by atoms with Gasteiger partial charge in [-0.25, -0.2) is 4.39 Å². The van der Waals surface area contributed by atoms with Crippen molar-refractivity contribution in [2.45, 2.75) is 19.9 Å². The molecule has 1 rings (SSSR count). The summed E-state index contributed by atoms with van der Waals surface area (Å²) in [4.78, 5) is 0. The predicted octanol–water partition coefficient (Wildman–Crippen LogP) is 2.41. The molecule has 1 unspecified atom stereocenters. The molecule has 1 aromatic carbocycles. The molecule has 0 spiro atoms. The number of halogens is 1. The van der Waals surface area contributed by atoms with E-state index in [1.54, 1.807) is 19.1 Å². The van der Waals surface area contributed by atoms with Crippen molar-refractivity contribution in [1.29, 1.82) is 0 Å². The van der Waals surface area contributed by atoms with Crippen LogP contribution in [0.15, 0.2) is 18.2 Å². The molecule has 0 heterocycles. The summed E-state index contributed by atoms with van der Waals surface area (Å²) < 4.78 is 13.0. The van der Waals surface area contributed by atoms with Crippen LogP contribution in [0.5, 0.6) is 0 Å². The molecule has 0 fully saturated rings. The van der Waals surface area contributed by atoms with Gasteiger partial charge in [-0.3, -0.25) is 0 Å². The number of rotatable bonds is 2. The molecule has 0 aliphatic rings. The molecule has 66 valence electrons. The summed E-state index contributed by atoms with van der Waals surface area (Å²) in [6.45, 7) is 3.77. The average molecular weight is 167 g/mol. The number of hydrogen-bond acceptors (Lipinski definition) is 1. The highest BCUT2D eigenvalue weighted by Crippen LogP contribution is 2.15. The lowest BCUT2D eigenvalue weighted by Crippen LogP contribution is -2.12.